The van der Waals surface area contributed by atoms with E-state index in [0.717, 1.165) is 24.2 Å². The number of carbonyl (C=O) groups is 1. The van der Waals surface area contributed by atoms with Gasteiger partial charge in [0.25, 0.3) is 0 Å². The van der Waals surface area contributed by atoms with Crippen LogP contribution in [0.25, 0.3) is 5.65 Å². The molecule has 1 saturated heterocycles. The van der Waals surface area contributed by atoms with Crippen molar-refractivity contribution in [2.24, 2.45) is 11.8 Å². The number of nitrogens with zero attached hydrogens (tertiary/aromatic N) is 5. The zero-order valence-electron chi connectivity index (χ0n) is 17.7. The van der Waals surface area contributed by atoms with E-state index < -0.39 is 0 Å². The number of ether oxygens (including phenoxy) is 1. The smallest absolute Gasteiger partial charge is 0.350 e. The molecule has 3 heterocycles. The van der Waals surface area contributed by atoms with Gasteiger partial charge in [0.2, 0.25) is 11.6 Å². The van der Waals surface area contributed by atoms with E-state index in [-0.39, 0.29) is 18.1 Å². The van der Waals surface area contributed by atoms with Crippen molar-refractivity contribution in [3.05, 3.63) is 46.1 Å². The minimum Gasteiger partial charge on any atom is -0.495 e. The van der Waals surface area contributed by atoms with E-state index in [1.165, 1.54) is 11.5 Å². The van der Waals surface area contributed by atoms with E-state index >= 15 is 0 Å². The van der Waals surface area contributed by atoms with Crippen LogP contribution in [-0.4, -0.2) is 45.3 Å². The molecule has 2 atom stereocenters. The van der Waals surface area contributed by atoms with Crippen LogP contribution in [0.2, 0.25) is 5.02 Å². The lowest BCUT2D eigenvalue weighted by Gasteiger charge is -2.35. The molecule has 0 spiro atoms. The largest absolute Gasteiger partial charge is 0.495 e. The Bertz CT molecular complexity index is 1160. The summed E-state index contributed by atoms with van der Waals surface area (Å²) in [4.78, 5) is 32.0. The number of nitrogens with one attached hydrogen (secondary N) is 1. The molecular weight excluding hydrogens is 420 g/mol. The predicted octanol–water partition coefficient (Wildman–Crippen LogP) is 2.67. The van der Waals surface area contributed by atoms with E-state index in [1.54, 1.807) is 30.6 Å². The molecule has 0 saturated carbocycles. The lowest BCUT2D eigenvalue weighted by atomic mass is 9.92. The highest BCUT2D eigenvalue weighted by Crippen LogP contribution is 2.28. The summed E-state index contributed by atoms with van der Waals surface area (Å²) in [7, 11) is 1.52. The van der Waals surface area contributed by atoms with E-state index in [4.69, 9.17) is 16.3 Å². The van der Waals surface area contributed by atoms with Gasteiger partial charge < -0.3 is 15.0 Å². The molecule has 10 heteroatoms. The van der Waals surface area contributed by atoms with Crippen molar-refractivity contribution in [3.63, 3.8) is 0 Å². The van der Waals surface area contributed by atoms with E-state index in [9.17, 15) is 9.59 Å². The van der Waals surface area contributed by atoms with Gasteiger partial charge in [0.05, 0.1) is 12.1 Å². The molecule has 0 aliphatic carbocycles. The van der Waals surface area contributed by atoms with Crippen molar-refractivity contribution in [2.45, 2.75) is 26.8 Å². The molecule has 2 aromatic heterocycles. The number of hydrogen-bond acceptors (Lipinski definition) is 6. The molecule has 4 rings (SSSR count). The van der Waals surface area contributed by atoms with Gasteiger partial charge in [-0.1, -0.05) is 25.4 Å². The van der Waals surface area contributed by atoms with Crippen LogP contribution in [0, 0.1) is 11.8 Å². The Morgan fingerprint density at radius 2 is 2.03 bits per heavy atom. The number of fused-ring (bicyclic) bond motifs is 1. The average molecular weight is 445 g/mol. The van der Waals surface area contributed by atoms with Crippen LogP contribution >= 0.6 is 11.6 Å². The number of piperidine rings is 1. The minimum absolute atomic E-state index is 0.226. The van der Waals surface area contributed by atoms with Gasteiger partial charge in [-0.15, -0.1) is 5.10 Å². The molecule has 2 unspecified atom stereocenters. The second kappa shape index (κ2) is 8.58. The number of benzene rings is 1. The lowest BCUT2D eigenvalue weighted by Crippen LogP contribution is -2.39. The molecule has 164 valence electrons. The van der Waals surface area contributed by atoms with Crippen LogP contribution in [-0.2, 0) is 11.3 Å². The van der Waals surface area contributed by atoms with E-state index in [0.29, 0.717) is 39.8 Å². The maximum atomic E-state index is 12.8. The van der Waals surface area contributed by atoms with Crippen LogP contribution in [0.3, 0.4) is 0 Å². The van der Waals surface area contributed by atoms with Crippen LogP contribution in [0.4, 0.5) is 11.5 Å². The monoisotopic (exact) mass is 444 g/mol. The quantitative estimate of drug-likeness (QED) is 0.650. The highest BCUT2D eigenvalue weighted by molar-refractivity contribution is 6.32. The third-order valence-corrected chi connectivity index (χ3v) is 5.68. The number of methoxy groups -OCH3 is 1. The first-order chi connectivity index (χ1) is 14.9. The SMILES string of the molecule is COc1ccc(NC(=O)Cn2nc3c(N4CC(C)CC(C)C4)nccn3c2=O)cc1Cl. The number of carbonyl (C=O) groups excluding carboxylic acids is 1. The van der Waals surface area contributed by atoms with Crippen LogP contribution in [0.15, 0.2) is 35.4 Å². The normalized spacial score (nSPS) is 18.9. The van der Waals surface area contributed by atoms with Crippen LogP contribution < -0.4 is 20.6 Å². The van der Waals surface area contributed by atoms with Crippen molar-refractivity contribution in [2.75, 3.05) is 30.4 Å². The highest BCUT2D eigenvalue weighted by atomic mass is 35.5. The maximum Gasteiger partial charge on any atom is 0.350 e. The molecule has 0 radical (unpaired) electrons. The molecule has 1 aliphatic heterocycles. The standard InChI is InChI=1S/C21H25ClN6O3/c1-13-8-14(2)11-26(10-13)19-20-25-28(21(30)27(20)7-6-23-19)12-18(29)24-15-4-5-17(31-3)16(22)9-15/h4-7,9,13-14H,8,10-12H2,1-3H3,(H,24,29). The first-order valence-corrected chi connectivity index (χ1v) is 10.6. The number of rotatable bonds is 5. The Morgan fingerprint density at radius 1 is 1.29 bits per heavy atom. The summed E-state index contributed by atoms with van der Waals surface area (Å²) in [6, 6.07) is 4.93. The van der Waals surface area contributed by atoms with Gasteiger partial charge in [-0.3, -0.25) is 4.79 Å². The predicted molar refractivity (Wildman–Crippen MR) is 119 cm³/mol. The fourth-order valence-electron chi connectivity index (χ4n) is 4.18. The molecule has 3 aromatic rings. The van der Waals surface area contributed by atoms with Gasteiger partial charge in [0.1, 0.15) is 12.3 Å². The van der Waals surface area contributed by atoms with Gasteiger partial charge in [0, 0.05) is 31.2 Å². The van der Waals surface area contributed by atoms with Crippen molar-refractivity contribution in [1.29, 1.82) is 0 Å². The lowest BCUT2D eigenvalue weighted by molar-refractivity contribution is -0.117. The summed E-state index contributed by atoms with van der Waals surface area (Å²) >= 11 is 6.10. The summed E-state index contributed by atoms with van der Waals surface area (Å²) in [5.74, 6) is 1.85. The van der Waals surface area contributed by atoms with Gasteiger partial charge in [-0.25, -0.2) is 18.9 Å². The summed E-state index contributed by atoms with van der Waals surface area (Å²) in [6.45, 7) is 5.91. The van der Waals surface area contributed by atoms with E-state index in [2.05, 4.69) is 34.1 Å². The highest BCUT2D eigenvalue weighted by Gasteiger charge is 2.26. The molecule has 1 aliphatic rings. The van der Waals surface area contributed by atoms with E-state index in [1.807, 2.05) is 0 Å². The molecule has 1 aromatic carbocycles. The molecule has 1 amide bonds. The number of anilines is 2. The second-order valence-electron chi connectivity index (χ2n) is 8.13. The number of amides is 1. The number of aromatic nitrogens is 4. The van der Waals surface area contributed by atoms with Crippen molar-refractivity contribution >= 4 is 34.7 Å². The Kier molecular flexibility index (Phi) is 5.86. The molecule has 1 N–H and O–H groups in total. The minimum atomic E-state index is -0.389. The second-order valence-corrected chi connectivity index (χ2v) is 8.54. The van der Waals surface area contributed by atoms with Gasteiger partial charge in [0.15, 0.2) is 5.82 Å². The maximum absolute atomic E-state index is 12.8. The third-order valence-electron chi connectivity index (χ3n) is 5.38. The molecule has 0 bridgehead atoms. The summed E-state index contributed by atoms with van der Waals surface area (Å²) in [5, 5.41) is 7.53. The molecular formula is C21H25ClN6O3. The van der Waals surface area contributed by atoms with Crippen LogP contribution in [0.1, 0.15) is 20.3 Å². The molecule has 1 fully saturated rings. The molecule has 9 nitrogen and oxygen atoms in total. The summed E-state index contributed by atoms with van der Waals surface area (Å²) < 4.78 is 7.70. The Hall–Kier alpha value is -3.07. The number of halogens is 1. The van der Waals surface area contributed by atoms with Crippen molar-refractivity contribution < 1.29 is 9.53 Å². The Labute approximate surface area is 184 Å². The first-order valence-electron chi connectivity index (χ1n) is 10.2. The average Bonchev–Trinajstić information content (AvgIpc) is 3.03. The topological polar surface area (TPSA) is 93.8 Å². The third kappa shape index (κ3) is 4.36. The first kappa shape index (κ1) is 21.2. The fraction of sp³-hybridized carbons (Fsp3) is 0.429. The van der Waals surface area contributed by atoms with Crippen molar-refractivity contribution in [1.82, 2.24) is 19.2 Å². The Balaban J connectivity index is 1.57. The Morgan fingerprint density at radius 3 is 2.71 bits per heavy atom. The fourth-order valence-corrected chi connectivity index (χ4v) is 4.44. The van der Waals surface area contributed by atoms with Crippen LogP contribution in [0.5, 0.6) is 5.75 Å². The molecule has 31 heavy (non-hydrogen) atoms. The summed E-state index contributed by atoms with van der Waals surface area (Å²) in [5.41, 5.74) is 0.569. The summed E-state index contributed by atoms with van der Waals surface area (Å²) in [6.07, 6.45) is 4.33. The van der Waals surface area contributed by atoms with Crippen molar-refractivity contribution in [3.8, 4) is 5.75 Å². The van der Waals surface area contributed by atoms with Gasteiger partial charge in [-0.05, 0) is 36.5 Å². The zero-order valence-corrected chi connectivity index (χ0v) is 18.5. The number of hydrogen-bond donors (Lipinski definition) is 1. The van der Waals surface area contributed by atoms with Gasteiger partial charge >= 0.3 is 5.69 Å². The zero-order chi connectivity index (χ0) is 22.1. The van der Waals surface area contributed by atoms with Gasteiger partial charge in [-0.2, -0.15) is 0 Å².